The molecule has 0 bridgehead atoms. The van der Waals surface area contributed by atoms with Gasteiger partial charge in [-0.25, -0.2) is 4.79 Å². The van der Waals surface area contributed by atoms with Gasteiger partial charge in [-0.05, 0) is 62.3 Å². The third kappa shape index (κ3) is 5.80. The van der Waals surface area contributed by atoms with Crippen LogP contribution in [-0.4, -0.2) is 43.1 Å². The van der Waals surface area contributed by atoms with Crippen LogP contribution in [0.3, 0.4) is 0 Å². The van der Waals surface area contributed by atoms with Gasteiger partial charge in [-0.3, -0.25) is 0 Å². The number of benzene rings is 1. The highest BCUT2D eigenvalue weighted by Crippen LogP contribution is 2.35. The summed E-state index contributed by atoms with van der Waals surface area (Å²) in [5.74, 6) is -0.413. The van der Waals surface area contributed by atoms with E-state index in [9.17, 15) is 26.4 Å². The lowest BCUT2D eigenvalue weighted by Gasteiger charge is -2.39. The first-order valence-corrected chi connectivity index (χ1v) is 10.9. The minimum Gasteiger partial charge on any atom is -0.444 e. The van der Waals surface area contributed by atoms with Crippen LogP contribution in [0.5, 0.6) is 5.75 Å². The van der Waals surface area contributed by atoms with Gasteiger partial charge in [0.05, 0.1) is 0 Å². The van der Waals surface area contributed by atoms with E-state index in [4.69, 9.17) is 4.74 Å². The molecule has 1 unspecified atom stereocenters. The Balaban J connectivity index is 2.38. The lowest BCUT2D eigenvalue weighted by molar-refractivity contribution is -0.0500. The van der Waals surface area contributed by atoms with Gasteiger partial charge >= 0.3 is 21.7 Å². The molecule has 10 heteroatoms. The van der Waals surface area contributed by atoms with Gasteiger partial charge in [0.2, 0.25) is 0 Å². The van der Waals surface area contributed by atoms with Gasteiger partial charge in [-0.15, -0.1) is 0 Å². The summed E-state index contributed by atoms with van der Waals surface area (Å²) < 4.78 is 70.4. The molecule has 0 spiro atoms. The first-order valence-electron chi connectivity index (χ1n) is 9.53. The summed E-state index contributed by atoms with van der Waals surface area (Å²) in [6, 6.07) is 3.71. The molecule has 1 aromatic rings. The first-order chi connectivity index (χ1) is 13.4. The van der Waals surface area contributed by atoms with Crippen LogP contribution in [0.25, 0.3) is 0 Å². The molecule has 0 saturated heterocycles. The van der Waals surface area contributed by atoms with Gasteiger partial charge in [0.1, 0.15) is 11.4 Å². The van der Waals surface area contributed by atoms with E-state index in [0.29, 0.717) is 24.9 Å². The van der Waals surface area contributed by atoms with Crippen molar-refractivity contribution in [1.29, 1.82) is 0 Å². The summed E-state index contributed by atoms with van der Waals surface area (Å²) in [4.78, 5) is 14.5. The Morgan fingerprint density at radius 2 is 1.67 bits per heavy atom. The van der Waals surface area contributed by atoms with Crippen molar-refractivity contribution in [3.63, 3.8) is 0 Å². The number of hydrogen-bond acceptors (Lipinski definition) is 5. The fraction of sp³-hybridized carbons (Fsp3) is 0.650. The zero-order valence-electron chi connectivity index (χ0n) is 18.0. The summed E-state index contributed by atoms with van der Waals surface area (Å²) in [6.45, 7) is 11.5. The Morgan fingerprint density at radius 3 is 2.17 bits per heavy atom. The fourth-order valence-corrected chi connectivity index (χ4v) is 3.74. The minimum atomic E-state index is -5.76. The van der Waals surface area contributed by atoms with E-state index < -0.39 is 33.1 Å². The second kappa shape index (κ2) is 7.94. The molecule has 1 heterocycles. The SMILES string of the molecule is CC(C)(C)OC(=O)N1CCc2ccc(OS(=O)(=O)C(F)(F)F)cc2CC1C(C)(C)C. The average Bonchev–Trinajstić information content (AvgIpc) is 2.70. The van der Waals surface area contributed by atoms with Crippen LogP contribution in [0, 0.1) is 5.41 Å². The molecular weight excluding hydrogens is 423 g/mol. The van der Waals surface area contributed by atoms with Gasteiger partial charge in [-0.2, -0.15) is 21.6 Å². The van der Waals surface area contributed by atoms with Gasteiger partial charge in [0, 0.05) is 12.6 Å². The molecule has 0 saturated carbocycles. The molecule has 1 aliphatic rings. The molecule has 30 heavy (non-hydrogen) atoms. The molecule has 0 N–H and O–H groups in total. The zero-order valence-corrected chi connectivity index (χ0v) is 18.8. The first kappa shape index (κ1) is 24.3. The molecule has 1 atom stereocenters. The Bertz CT molecular complexity index is 898. The van der Waals surface area contributed by atoms with Crippen LogP contribution in [0.15, 0.2) is 18.2 Å². The van der Waals surface area contributed by atoms with E-state index in [1.165, 1.54) is 18.2 Å². The summed E-state index contributed by atoms with van der Waals surface area (Å²) >= 11 is 0. The van der Waals surface area contributed by atoms with Crippen molar-refractivity contribution in [3.8, 4) is 5.75 Å². The number of hydrogen-bond donors (Lipinski definition) is 0. The van der Waals surface area contributed by atoms with Crippen molar-refractivity contribution in [3.05, 3.63) is 29.3 Å². The van der Waals surface area contributed by atoms with Crippen molar-refractivity contribution in [2.75, 3.05) is 6.54 Å². The van der Waals surface area contributed by atoms with E-state index in [2.05, 4.69) is 4.18 Å². The molecule has 1 aliphatic heterocycles. The Kier molecular flexibility index (Phi) is 6.43. The van der Waals surface area contributed by atoms with Crippen molar-refractivity contribution < 1.29 is 35.3 Å². The average molecular weight is 452 g/mol. The third-order valence-electron chi connectivity index (χ3n) is 4.71. The number of alkyl halides is 3. The van der Waals surface area contributed by atoms with Crippen LogP contribution in [-0.2, 0) is 27.7 Å². The Morgan fingerprint density at radius 1 is 1.07 bits per heavy atom. The molecule has 0 radical (unpaired) electrons. The number of carbonyl (C=O) groups excluding carboxylic acids is 1. The van der Waals surface area contributed by atoms with Crippen LogP contribution >= 0.6 is 0 Å². The quantitative estimate of drug-likeness (QED) is 0.483. The van der Waals surface area contributed by atoms with Gasteiger partial charge < -0.3 is 13.8 Å². The van der Waals surface area contributed by atoms with Crippen LogP contribution < -0.4 is 4.18 Å². The number of rotatable bonds is 2. The number of fused-ring (bicyclic) bond motifs is 1. The number of amides is 1. The Hall–Kier alpha value is -1.97. The number of carbonyl (C=O) groups is 1. The van der Waals surface area contributed by atoms with Crippen molar-refractivity contribution in [1.82, 2.24) is 4.90 Å². The van der Waals surface area contributed by atoms with Crippen LogP contribution in [0.4, 0.5) is 18.0 Å². The molecule has 170 valence electrons. The predicted molar refractivity (Wildman–Crippen MR) is 106 cm³/mol. The van der Waals surface area contributed by atoms with E-state index in [-0.39, 0.29) is 11.5 Å². The molecule has 6 nitrogen and oxygen atoms in total. The van der Waals surface area contributed by atoms with E-state index in [1.54, 1.807) is 25.7 Å². The number of nitrogens with zero attached hydrogens (tertiary/aromatic N) is 1. The lowest BCUT2D eigenvalue weighted by Crippen LogP contribution is -2.50. The maximum atomic E-state index is 12.8. The summed E-state index contributed by atoms with van der Waals surface area (Å²) in [5.41, 5.74) is -5.11. The van der Waals surface area contributed by atoms with Crippen molar-refractivity contribution in [2.45, 2.75) is 71.5 Å². The van der Waals surface area contributed by atoms with Gasteiger partial charge in [-0.1, -0.05) is 26.8 Å². The second-order valence-corrected chi connectivity index (χ2v) is 11.0. The molecular formula is C20H28F3NO5S. The summed E-state index contributed by atoms with van der Waals surface area (Å²) in [6.07, 6.45) is 0.306. The standard InChI is InChI=1S/C20H28F3NO5S/c1-18(2,3)16-12-14-11-15(29-30(26,27)20(21,22)23)8-7-13(14)9-10-24(16)17(25)28-19(4,5)6/h7-8,11,16H,9-10,12H2,1-6H3. The maximum Gasteiger partial charge on any atom is 0.534 e. The van der Waals surface area contributed by atoms with Crippen molar-refractivity contribution in [2.24, 2.45) is 5.41 Å². The smallest absolute Gasteiger partial charge is 0.444 e. The third-order valence-corrected chi connectivity index (χ3v) is 5.69. The highest BCUT2D eigenvalue weighted by Gasteiger charge is 2.48. The lowest BCUT2D eigenvalue weighted by atomic mass is 9.82. The van der Waals surface area contributed by atoms with E-state index >= 15 is 0 Å². The normalized spacial score (nSPS) is 18.4. The molecule has 0 aliphatic carbocycles. The molecule has 2 rings (SSSR count). The second-order valence-electron chi connectivity index (χ2n) is 9.42. The number of halogens is 3. The number of ether oxygens (including phenoxy) is 1. The van der Waals surface area contributed by atoms with Crippen molar-refractivity contribution >= 4 is 16.2 Å². The fourth-order valence-electron chi connectivity index (χ4n) is 3.29. The highest BCUT2D eigenvalue weighted by molar-refractivity contribution is 7.88. The van der Waals surface area contributed by atoms with Gasteiger partial charge in [0.15, 0.2) is 0 Å². The monoisotopic (exact) mass is 451 g/mol. The largest absolute Gasteiger partial charge is 0.534 e. The summed E-state index contributed by atoms with van der Waals surface area (Å²) in [7, 11) is -5.76. The summed E-state index contributed by atoms with van der Waals surface area (Å²) in [5, 5.41) is 0. The topological polar surface area (TPSA) is 72.9 Å². The highest BCUT2D eigenvalue weighted by atomic mass is 32.2. The van der Waals surface area contributed by atoms with Gasteiger partial charge in [0.25, 0.3) is 0 Å². The minimum absolute atomic E-state index is 0.317. The van der Waals surface area contributed by atoms with Crippen LogP contribution in [0.1, 0.15) is 52.7 Å². The van der Waals surface area contributed by atoms with Crippen LogP contribution in [0.2, 0.25) is 0 Å². The maximum absolute atomic E-state index is 12.8. The predicted octanol–water partition coefficient (Wildman–Crippen LogP) is 4.67. The molecule has 0 aromatic heterocycles. The Labute approximate surface area is 175 Å². The molecule has 0 fully saturated rings. The molecule has 1 aromatic carbocycles. The van der Waals surface area contributed by atoms with E-state index in [0.717, 1.165) is 5.56 Å². The molecule has 1 amide bonds. The zero-order chi connectivity index (χ0) is 23.1. The van der Waals surface area contributed by atoms with E-state index in [1.807, 2.05) is 20.8 Å².